The van der Waals surface area contributed by atoms with Crippen molar-refractivity contribution >= 4 is 21.6 Å². The SMILES string of the molecule is Cc1ccc(NCc2cc3c(cc2Br)OCO3)c(C)c1. The molecule has 0 aliphatic carbocycles. The summed E-state index contributed by atoms with van der Waals surface area (Å²) in [4.78, 5) is 0. The van der Waals surface area contributed by atoms with E-state index in [2.05, 4.69) is 53.3 Å². The van der Waals surface area contributed by atoms with Crippen molar-refractivity contribution < 1.29 is 9.47 Å². The van der Waals surface area contributed by atoms with Crippen LogP contribution in [0.4, 0.5) is 5.69 Å². The van der Waals surface area contributed by atoms with E-state index in [4.69, 9.17) is 9.47 Å². The number of halogens is 1. The molecular formula is C16H16BrNO2. The molecule has 1 heterocycles. The van der Waals surface area contributed by atoms with Crippen LogP contribution in [-0.4, -0.2) is 6.79 Å². The Kier molecular flexibility index (Phi) is 3.57. The lowest BCUT2D eigenvalue weighted by molar-refractivity contribution is 0.174. The number of rotatable bonds is 3. The fourth-order valence-electron chi connectivity index (χ4n) is 2.30. The van der Waals surface area contributed by atoms with Crippen molar-refractivity contribution in [2.45, 2.75) is 20.4 Å². The highest BCUT2D eigenvalue weighted by Crippen LogP contribution is 2.37. The van der Waals surface area contributed by atoms with Crippen molar-refractivity contribution in [1.82, 2.24) is 0 Å². The van der Waals surface area contributed by atoms with Gasteiger partial charge in [-0.05, 0) is 43.2 Å². The Balaban J connectivity index is 1.78. The fourth-order valence-corrected chi connectivity index (χ4v) is 2.76. The molecule has 104 valence electrons. The molecule has 0 fully saturated rings. The second-order valence-corrected chi connectivity index (χ2v) is 5.82. The zero-order valence-corrected chi connectivity index (χ0v) is 13.1. The van der Waals surface area contributed by atoms with E-state index >= 15 is 0 Å². The Morgan fingerprint density at radius 2 is 1.85 bits per heavy atom. The number of nitrogens with one attached hydrogen (secondary N) is 1. The van der Waals surface area contributed by atoms with Crippen LogP contribution in [0.1, 0.15) is 16.7 Å². The van der Waals surface area contributed by atoms with Gasteiger partial charge in [-0.15, -0.1) is 0 Å². The summed E-state index contributed by atoms with van der Waals surface area (Å²) >= 11 is 3.58. The Bertz CT molecular complexity index is 655. The third-order valence-corrected chi connectivity index (χ3v) is 4.13. The molecule has 1 N–H and O–H groups in total. The van der Waals surface area contributed by atoms with Crippen LogP contribution in [-0.2, 0) is 6.54 Å². The van der Waals surface area contributed by atoms with Crippen molar-refractivity contribution in [2.75, 3.05) is 12.1 Å². The highest BCUT2D eigenvalue weighted by Gasteiger charge is 2.16. The fraction of sp³-hybridized carbons (Fsp3) is 0.250. The third-order valence-electron chi connectivity index (χ3n) is 3.39. The van der Waals surface area contributed by atoms with Crippen molar-refractivity contribution in [3.05, 3.63) is 51.5 Å². The number of anilines is 1. The Morgan fingerprint density at radius 3 is 2.60 bits per heavy atom. The van der Waals surface area contributed by atoms with Crippen molar-refractivity contribution in [3.63, 3.8) is 0 Å². The van der Waals surface area contributed by atoms with E-state index in [-0.39, 0.29) is 0 Å². The minimum atomic E-state index is 0.301. The van der Waals surface area contributed by atoms with Crippen LogP contribution in [0.3, 0.4) is 0 Å². The largest absolute Gasteiger partial charge is 0.454 e. The lowest BCUT2D eigenvalue weighted by Crippen LogP contribution is -2.02. The van der Waals surface area contributed by atoms with E-state index in [1.165, 1.54) is 11.1 Å². The summed E-state index contributed by atoms with van der Waals surface area (Å²) in [7, 11) is 0. The van der Waals surface area contributed by atoms with Gasteiger partial charge in [0.1, 0.15) is 0 Å². The summed E-state index contributed by atoms with van der Waals surface area (Å²) < 4.78 is 11.8. The zero-order valence-electron chi connectivity index (χ0n) is 11.5. The molecule has 0 amide bonds. The van der Waals surface area contributed by atoms with Gasteiger partial charge in [-0.3, -0.25) is 0 Å². The molecule has 2 aromatic rings. The van der Waals surface area contributed by atoms with Gasteiger partial charge in [0.25, 0.3) is 0 Å². The summed E-state index contributed by atoms with van der Waals surface area (Å²) in [6.45, 7) is 5.26. The van der Waals surface area contributed by atoms with Crippen LogP contribution in [0.15, 0.2) is 34.8 Å². The second-order valence-electron chi connectivity index (χ2n) is 4.97. The molecule has 1 aliphatic heterocycles. The van der Waals surface area contributed by atoms with Gasteiger partial charge in [0.2, 0.25) is 6.79 Å². The van der Waals surface area contributed by atoms with Crippen LogP contribution >= 0.6 is 15.9 Å². The van der Waals surface area contributed by atoms with Crippen LogP contribution in [0.5, 0.6) is 11.5 Å². The normalized spacial score (nSPS) is 12.6. The molecule has 0 spiro atoms. The summed E-state index contributed by atoms with van der Waals surface area (Å²) in [6, 6.07) is 10.4. The first-order valence-corrected chi connectivity index (χ1v) is 7.32. The molecular weight excluding hydrogens is 318 g/mol. The number of hydrogen-bond acceptors (Lipinski definition) is 3. The summed E-state index contributed by atoms with van der Waals surface area (Å²) in [5, 5.41) is 3.46. The molecule has 0 saturated carbocycles. The molecule has 0 saturated heterocycles. The monoisotopic (exact) mass is 333 g/mol. The minimum absolute atomic E-state index is 0.301. The van der Waals surface area contributed by atoms with Crippen molar-refractivity contribution in [2.24, 2.45) is 0 Å². The molecule has 0 unspecified atom stereocenters. The van der Waals surface area contributed by atoms with Gasteiger partial charge in [0.05, 0.1) is 0 Å². The summed E-state index contributed by atoms with van der Waals surface area (Å²) in [5.41, 5.74) is 4.83. The standard InChI is InChI=1S/C16H16BrNO2/c1-10-3-4-14(11(2)5-10)18-8-12-6-15-16(7-13(12)17)20-9-19-15/h3-7,18H,8-9H2,1-2H3. The summed E-state index contributed by atoms with van der Waals surface area (Å²) in [5.74, 6) is 1.61. The lowest BCUT2D eigenvalue weighted by Gasteiger charge is -2.12. The van der Waals surface area contributed by atoms with Gasteiger partial charge in [-0.1, -0.05) is 33.6 Å². The van der Waals surface area contributed by atoms with Gasteiger partial charge >= 0.3 is 0 Å². The Morgan fingerprint density at radius 1 is 1.10 bits per heavy atom. The topological polar surface area (TPSA) is 30.5 Å². The number of hydrogen-bond donors (Lipinski definition) is 1. The first-order valence-electron chi connectivity index (χ1n) is 6.52. The second kappa shape index (κ2) is 5.37. The van der Waals surface area contributed by atoms with E-state index in [0.717, 1.165) is 33.8 Å². The molecule has 20 heavy (non-hydrogen) atoms. The summed E-state index contributed by atoms with van der Waals surface area (Å²) in [6.07, 6.45) is 0. The minimum Gasteiger partial charge on any atom is -0.454 e. The van der Waals surface area contributed by atoms with E-state index in [1.54, 1.807) is 0 Å². The third kappa shape index (κ3) is 2.61. The molecule has 4 heteroatoms. The van der Waals surface area contributed by atoms with Crippen LogP contribution in [0.2, 0.25) is 0 Å². The molecule has 0 aromatic heterocycles. The Hall–Kier alpha value is -1.68. The zero-order chi connectivity index (χ0) is 14.1. The van der Waals surface area contributed by atoms with E-state index in [0.29, 0.717) is 6.79 Å². The molecule has 2 aromatic carbocycles. The predicted molar refractivity (Wildman–Crippen MR) is 83.5 cm³/mol. The molecule has 3 rings (SSSR count). The lowest BCUT2D eigenvalue weighted by atomic mass is 10.1. The number of aryl methyl sites for hydroxylation is 2. The predicted octanol–water partition coefficient (Wildman–Crippen LogP) is 4.41. The molecule has 3 nitrogen and oxygen atoms in total. The maximum Gasteiger partial charge on any atom is 0.231 e. The molecule has 0 atom stereocenters. The van der Waals surface area contributed by atoms with E-state index in [1.807, 2.05) is 12.1 Å². The molecule has 0 radical (unpaired) electrons. The van der Waals surface area contributed by atoms with Crippen molar-refractivity contribution in [1.29, 1.82) is 0 Å². The molecule has 0 bridgehead atoms. The number of fused-ring (bicyclic) bond motifs is 1. The first-order chi connectivity index (χ1) is 9.63. The highest BCUT2D eigenvalue weighted by atomic mass is 79.9. The van der Waals surface area contributed by atoms with Gasteiger partial charge in [-0.25, -0.2) is 0 Å². The van der Waals surface area contributed by atoms with Crippen LogP contribution in [0, 0.1) is 13.8 Å². The highest BCUT2D eigenvalue weighted by molar-refractivity contribution is 9.10. The van der Waals surface area contributed by atoms with Crippen LogP contribution in [0.25, 0.3) is 0 Å². The average Bonchev–Trinajstić information content (AvgIpc) is 2.84. The van der Waals surface area contributed by atoms with E-state index < -0.39 is 0 Å². The maximum absolute atomic E-state index is 5.41. The van der Waals surface area contributed by atoms with E-state index in [9.17, 15) is 0 Å². The van der Waals surface area contributed by atoms with Crippen LogP contribution < -0.4 is 14.8 Å². The Labute approximate surface area is 127 Å². The van der Waals surface area contributed by atoms with Gasteiger partial charge < -0.3 is 14.8 Å². The van der Waals surface area contributed by atoms with Gasteiger partial charge in [-0.2, -0.15) is 0 Å². The number of ether oxygens (including phenoxy) is 2. The maximum atomic E-state index is 5.41. The van der Waals surface area contributed by atoms with Gasteiger partial charge in [0.15, 0.2) is 11.5 Å². The molecule has 1 aliphatic rings. The first kappa shape index (κ1) is 13.3. The van der Waals surface area contributed by atoms with Crippen molar-refractivity contribution in [3.8, 4) is 11.5 Å². The smallest absolute Gasteiger partial charge is 0.231 e. The average molecular weight is 334 g/mol. The van der Waals surface area contributed by atoms with Gasteiger partial charge in [0, 0.05) is 16.7 Å². The number of benzene rings is 2. The quantitative estimate of drug-likeness (QED) is 0.902.